The highest BCUT2D eigenvalue weighted by atomic mass is 19.1. The van der Waals surface area contributed by atoms with Gasteiger partial charge in [-0.2, -0.15) is 5.26 Å². The van der Waals surface area contributed by atoms with E-state index in [4.69, 9.17) is 10.4 Å². The van der Waals surface area contributed by atoms with Crippen LogP contribution in [0, 0.1) is 17.1 Å². The Balaban J connectivity index is 2.17. The van der Waals surface area contributed by atoms with Gasteiger partial charge < -0.3 is 5.11 Å². The van der Waals surface area contributed by atoms with Crippen molar-refractivity contribution in [2.75, 3.05) is 6.54 Å². The number of carboxylic acid groups (broad SMARTS) is 1. The van der Waals surface area contributed by atoms with E-state index in [9.17, 15) is 9.18 Å². The molecule has 110 valence electrons. The standard InChI is InChI=1S/C16H17FN2O2/c17-14-4-2-13(12(10-14)3-7-16(20)21)11-19(9-1-8-18)15-5-6-15/h2-4,7,10,15H,1,5-6,9,11H2,(H,20,21). The van der Waals surface area contributed by atoms with E-state index in [1.165, 1.54) is 18.2 Å². The molecule has 0 saturated heterocycles. The van der Waals surface area contributed by atoms with Crippen molar-refractivity contribution in [3.8, 4) is 6.07 Å². The molecule has 0 unspecified atom stereocenters. The molecule has 21 heavy (non-hydrogen) atoms. The van der Waals surface area contributed by atoms with Crippen LogP contribution in [0.15, 0.2) is 24.3 Å². The highest BCUT2D eigenvalue weighted by Gasteiger charge is 2.28. The van der Waals surface area contributed by atoms with E-state index in [1.54, 1.807) is 6.07 Å². The summed E-state index contributed by atoms with van der Waals surface area (Å²) in [5.41, 5.74) is 1.44. The Labute approximate surface area is 123 Å². The molecule has 4 nitrogen and oxygen atoms in total. The summed E-state index contributed by atoms with van der Waals surface area (Å²) in [5.74, 6) is -1.45. The predicted molar refractivity (Wildman–Crippen MR) is 76.7 cm³/mol. The second-order valence-electron chi connectivity index (χ2n) is 5.12. The summed E-state index contributed by atoms with van der Waals surface area (Å²) in [5, 5.41) is 17.4. The van der Waals surface area contributed by atoms with Crippen LogP contribution in [0.3, 0.4) is 0 Å². The summed E-state index contributed by atoms with van der Waals surface area (Å²) in [7, 11) is 0. The number of halogens is 1. The highest BCUT2D eigenvalue weighted by molar-refractivity contribution is 5.85. The molecule has 0 bridgehead atoms. The second kappa shape index (κ2) is 7.00. The summed E-state index contributed by atoms with van der Waals surface area (Å²) in [4.78, 5) is 12.8. The van der Waals surface area contributed by atoms with Gasteiger partial charge in [-0.15, -0.1) is 0 Å². The summed E-state index contributed by atoms with van der Waals surface area (Å²) >= 11 is 0. The Bertz CT molecular complexity index is 588. The minimum Gasteiger partial charge on any atom is -0.478 e. The minimum absolute atomic E-state index is 0.390. The zero-order chi connectivity index (χ0) is 15.2. The van der Waals surface area contributed by atoms with E-state index < -0.39 is 11.8 Å². The van der Waals surface area contributed by atoms with Crippen LogP contribution in [0.4, 0.5) is 4.39 Å². The van der Waals surface area contributed by atoms with Gasteiger partial charge in [0.1, 0.15) is 5.82 Å². The first-order chi connectivity index (χ1) is 10.1. The highest BCUT2D eigenvalue weighted by Crippen LogP contribution is 2.29. The summed E-state index contributed by atoms with van der Waals surface area (Å²) < 4.78 is 13.3. The van der Waals surface area contributed by atoms with Gasteiger partial charge >= 0.3 is 5.97 Å². The van der Waals surface area contributed by atoms with Crippen LogP contribution < -0.4 is 0 Å². The molecule has 0 spiro atoms. The molecule has 2 rings (SSSR count). The fraction of sp³-hybridized carbons (Fsp3) is 0.375. The molecular weight excluding hydrogens is 271 g/mol. The molecule has 0 aliphatic heterocycles. The SMILES string of the molecule is N#CCCN(Cc1ccc(F)cc1C=CC(=O)O)C1CC1. The largest absolute Gasteiger partial charge is 0.478 e. The first-order valence-electron chi connectivity index (χ1n) is 6.90. The van der Waals surface area contributed by atoms with E-state index >= 15 is 0 Å². The van der Waals surface area contributed by atoms with Gasteiger partial charge in [-0.25, -0.2) is 9.18 Å². The maximum absolute atomic E-state index is 13.3. The monoisotopic (exact) mass is 288 g/mol. The minimum atomic E-state index is -1.06. The first-order valence-corrected chi connectivity index (χ1v) is 6.90. The lowest BCUT2D eigenvalue weighted by Gasteiger charge is -2.21. The molecule has 0 aromatic heterocycles. The van der Waals surface area contributed by atoms with Gasteiger partial charge in [0.15, 0.2) is 0 Å². The Kier molecular flexibility index (Phi) is 5.07. The van der Waals surface area contributed by atoms with Crippen molar-refractivity contribution >= 4 is 12.0 Å². The molecule has 1 fully saturated rings. The van der Waals surface area contributed by atoms with Crippen molar-refractivity contribution in [3.05, 3.63) is 41.2 Å². The van der Waals surface area contributed by atoms with Crippen LogP contribution >= 0.6 is 0 Å². The number of aliphatic carboxylic acids is 1. The van der Waals surface area contributed by atoms with Crippen molar-refractivity contribution in [1.82, 2.24) is 4.90 Å². The number of carbonyl (C=O) groups is 1. The Morgan fingerprint density at radius 2 is 2.29 bits per heavy atom. The molecule has 1 aromatic rings. The number of carboxylic acids is 1. The average Bonchev–Trinajstić information content (AvgIpc) is 3.27. The molecule has 1 N–H and O–H groups in total. The van der Waals surface area contributed by atoms with Gasteiger partial charge in [-0.05, 0) is 42.2 Å². The Hall–Kier alpha value is -2.19. The Morgan fingerprint density at radius 1 is 1.52 bits per heavy atom. The number of hydrogen-bond acceptors (Lipinski definition) is 3. The maximum Gasteiger partial charge on any atom is 0.328 e. The van der Waals surface area contributed by atoms with Crippen LogP contribution in [0.1, 0.15) is 30.4 Å². The summed E-state index contributed by atoms with van der Waals surface area (Å²) in [6, 6.07) is 7.02. The number of nitriles is 1. The maximum atomic E-state index is 13.3. The van der Waals surface area contributed by atoms with Crippen molar-refractivity contribution < 1.29 is 14.3 Å². The first kappa shape index (κ1) is 15.2. The van der Waals surface area contributed by atoms with Gasteiger partial charge in [0.25, 0.3) is 0 Å². The lowest BCUT2D eigenvalue weighted by molar-refractivity contribution is -0.131. The van der Waals surface area contributed by atoms with E-state index in [0.29, 0.717) is 31.1 Å². The van der Waals surface area contributed by atoms with E-state index in [-0.39, 0.29) is 0 Å². The van der Waals surface area contributed by atoms with Gasteiger partial charge in [-0.1, -0.05) is 6.07 Å². The molecule has 1 aromatic carbocycles. The zero-order valence-electron chi connectivity index (χ0n) is 11.6. The van der Waals surface area contributed by atoms with E-state index in [1.807, 2.05) is 0 Å². The number of nitrogens with zero attached hydrogens (tertiary/aromatic N) is 2. The van der Waals surface area contributed by atoms with E-state index in [0.717, 1.165) is 24.5 Å². The lowest BCUT2D eigenvalue weighted by Crippen LogP contribution is -2.26. The van der Waals surface area contributed by atoms with Gasteiger partial charge in [0.2, 0.25) is 0 Å². The van der Waals surface area contributed by atoms with Gasteiger partial charge in [0, 0.05) is 31.6 Å². The molecule has 0 heterocycles. The summed E-state index contributed by atoms with van der Waals surface area (Å²) in [6.07, 6.45) is 5.11. The van der Waals surface area contributed by atoms with Crippen LogP contribution in [0.5, 0.6) is 0 Å². The number of benzene rings is 1. The number of hydrogen-bond donors (Lipinski definition) is 1. The van der Waals surface area contributed by atoms with Gasteiger partial charge in [-0.3, -0.25) is 4.90 Å². The quantitative estimate of drug-likeness (QED) is 0.784. The van der Waals surface area contributed by atoms with Crippen LogP contribution in [-0.2, 0) is 11.3 Å². The fourth-order valence-electron chi connectivity index (χ4n) is 2.27. The lowest BCUT2D eigenvalue weighted by atomic mass is 10.1. The topological polar surface area (TPSA) is 64.3 Å². The number of rotatable bonds is 7. The predicted octanol–water partition coefficient (Wildman–Crippen LogP) is 2.80. The van der Waals surface area contributed by atoms with Crippen molar-refractivity contribution in [2.24, 2.45) is 0 Å². The van der Waals surface area contributed by atoms with Crippen LogP contribution in [0.2, 0.25) is 0 Å². The van der Waals surface area contributed by atoms with Crippen LogP contribution in [0.25, 0.3) is 6.08 Å². The smallest absolute Gasteiger partial charge is 0.328 e. The van der Waals surface area contributed by atoms with Crippen molar-refractivity contribution in [1.29, 1.82) is 5.26 Å². The molecule has 1 aliphatic carbocycles. The van der Waals surface area contributed by atoms with E-state index in [2.05, 4.69) is 11.0 Å². The normalized spacial score (nSPS) is 14.5. The fourth-order valence-corrected chi connectivity index (χ4v) is 2.27. The average molecular weight is 288 g/mol. The molecule has 0 atom stereocenters. The molecule has 1 aliphatic rings. The molecule has 1 saturated carbocycles. The van der Waals surface area contributed by atoms with Crippen LogP contribution in [-0.4, -0.2) is 28.6 Å². The zero-order valence-corrected chi connectivity index (χ0v) is 11.6. The van der Waals surface area contributed by atoms with Gasteiger partial charge in [0.05, 0.1) is 6.07 Å². The van der Waals surface area contributed by atoms with Crippen molar-refractivity contribution in [2.45, 2.75) is 31.8 Å². The molecule has 0 amide bonds. The molecule has 0 radical (unpaired) electrons. The second-order valence-corrected chi connectivity index (χ2v) is 5.12. The third-order valence-electron chi connectivity index (χ3n) is 3.46. The Morgan fingerprint density at radius 3 is 2.90 bits per heavy atom. The van der Waals surface area contributed by atoms with Crippen molar-refractivity contribution in [3.63, 3.8) is 0 Å². The molecule has 5 heteroatoms. The third-order valence-corrected chi connectivity index (χ3v) is 3.46. The molecular formula is C16H17FN2O2. The summed E-state index contributed by atoms with van der Waals surface area (Å²) in [6.45, 7) is 1.28. The third kappa shape index (κ3) is 4.69.